The summed E-state index contributed by atoms with van der Waals surface area (Å²) < 4.78 is 41.3. The van der Waals surface area contributed by atoms with Crippen molar-refractivity contribution in [2.75, 3.05) is 6.61 Å². The number of hydrogen-bond acceptors (Lipinski definition) is 10. The number of hydrogen-bond donors (Lipinski definition) is 3. The molecule has 0 aliphatic carbocycles. The first-order valence-corrected chi connectivity index (χ1v) is 11.5. The van der Waals surface area contributed by atoms with Gasteiger partial charge >= 0.3 is 0 Å². The van der Waals surface area contributed by atoms with Gasteiger partial charge in [-0.3, -0.25) is 19.1 Å². The second-order valence-corrected chi connectivity index (χ2v) is 9.29. The minimum absolute atomic E-state index is 0.0984. The van der Waals surface area contributed by atoms with Crippen molar-refractivity contribution >= 4 is 21.7 Å². The molecule has 1 aliphatic heterocycles. The van der Waals surface area contributed by atoms with Gasteiger partial charge in [0, 0.05) is 19.1 Å². The number of ether oxygens (including phenoxy) is 2. The summed E-state index contributed by atoms with van der Waals surface area (Å²) >= 11 is 0. The Morgan fingerprint density at radius 2 is 1.74 bits per heavy atom. The molecule has 2 aromatic carbocycles. The van der Waals surface area contributed by atoms with E-state index in [-0.39, 0.29) is 16.3 Å². The number of benzene rings is 2. The predicted molar refractivity (Wildman–Crippen MR) is 116 cm³/mol. The summed E-state index contributed by atoms with van der Waals surface area (Å²) in [6.07, 6.45) is -5.94. The van der Waals surface area contributed by atoms with E-state index in [9.17, 15) is 33.5 Å². The smallest absolute Gasteiger partial charge is 0.297 e. The zero-order valence-corrected chi connectivity index (χ0v) is 19.0. The summed E-state index contributed by atoms with van der Waals surface area (Å²) in [5.41, 5.74) is 0.668. The molecule has 2 aromatic rings. The lowest BCUT2D eigenvalue weighted by Gasteiger charge is -2.42. The lowest BCUT2D eigenvalue weighted by Crippen LogP contribution is -2.65. The molecule has 13 heteroatoms. The van der Waals surface area contributed by atoms with Gasteiger partial charge in [0.2, 0.25) is 12.2 Å². The fourth-order valence-electron chi connectivity index (χ4n) is 3.27. The number of rotatable bonds is 8. The van der Waals surface area contributed by atoms with E-state index < -0.39 is 58.2 Å². The summed E-state index contributed by atoms with van der Waals surface area (Å²) in [7, 11) is -4.19. The maximum atomic E-state index is 12.5. The summed E-state index contributed by atoms with van der Waals surface area (Å²) in [5, 5.41) is 34.3. The van der Waals surface area contributed by atoms with Crippen molar-refractivity contribution in [3.05, 3.63) is 64.2 Å². The maximum absolute atomic E-state index is 12.5. The van der Waals surface area contributed by atoms with Crippen LogP contribution < -0.4 is 10.1 Å². The molecule has 0 radical (unpaired) electrons. The van der Waals surface area contributed by atoms with Crippen LogP contribution in [-0.4, -0.2) is 66.7 Å². The molecule has 1 amide bonds. The van der Waals surface area contributed by atoms with Gasteiger partial charge in [-0.15, -0.1) is 0 Å². The molecule has 1 aliphatic rings. The molecular weight excluding hydrogens is 472 g/mol. The molecule has 0 aromatic heterocycles. The fourth-order valence-corrected chi connectivity index (χ4v) is 4.19. The van der Waals surface area contributed by atoms with Crippen molar-refractivity contribution in [1.29, 1.82) is 0 Å². The minimum Gasteiger partial charge on any atom is -0.463 e. The number of aliphatic hydroxyl groups excluding tert-OH is 2. The van der Waals surface area contributed by atoms with Gasteiger partial charge in [0.05, 0.1) is 16.4 Å². The van der Waals surface area contributed by atoms with Crippen LogP contribution in [0.3, 0.4) is 0 Å². The SMILES string of the molecule is CC(=O)N[C@H]1[C@H](Oc2ccc([N+](=O)[O-])cc2)O[C@H](COS(=O)(=O)c2ccc(C)cc2)[C@@H](O)[C@@H]1O. The van der Waals surface area contributed by atoms with E-state index >= 15 is 0 Å². The highest BCUT2D eigenvalue weighted by atomic mass is 32.2. The standard InChI is InChI=1S/C21H24N2O10S/c1-12-3-9-16(10-4-12)34(29,30)31-11-17-19(25)20(26)18(22-13(2)24)21(33-17)32-15-7-5-14(6-8-15)23(27)28/h3-10,17-21,25-26H,11H2,1-2H3,(H,22,24)/t17-,18-,19-,20-,21-/m1/s1. The highest BCUT2D eigenvalue weighted by molar-refractivity contribution is 7.86. The fraction of sp³-hybridized carbons (Fsp3) is 0.381. The quantitative estimate of drug-likeness (QED) is 0.267. The van der Waals surface area contributed by atoms with Crippen LogP contribution in [0.15, 0.2) is 53.4 Å². The van der Waals surface area contributed by atoms with Crippen LogP contribution in [0.25, 0.3) is 0 Å². The number of non-ortho nitro benzene ring substituents is 1. The van der Waals surface area contributed by atoms with Gasteiger partial charge in [-0.1, -0.05) is 17.7 Å². The second-order valence-electron chi connectivity index (χ2n) is 7.67. The number of aryl methyl sites for hydroxylation is 1. The Morgan fingerprint density at radius 1 is 1.12 bits per heavy atom. The number of nitrogens with zero attached hydrogens (tertiary/aromatic N) is 1. The molecule has 34 heavy (non-hydrogen) atoms. The summed E-state index contributed by atoms with van der Waals surface area (Å²) in [6, 6.07) is 9.64. The molecule has 3 N–H and O–H groups in total. The Morgan fingerprint density at radius 3 is 2.29 bits per heavy atom. The van der Waals surface area contributed by atoms with Gasteiger partial charge in [0.1, 0.15) is 30.1 Å². The number of nitro groups is 1. The second kappa shape index (κ2) is 10.4. The van der Waals surface area contributed by atoms with Crippen molar-refractivity contribution in [2.45, 2.75) is 49.4 Å². The Bertz CT molecular complexity index is 1120. The van der Waals surface area contributed by atoms with E-state index in [1.165, 1.54) is 43.3 Å². The lowest BCUT2D eigenvalue weighted by atomic mass is 9.97. The van der Waals surface area contributed by atoms with Crippen LogP contribution >= 0.6 is 0 Å². The van der Waals surface area contributed by atoms with Crippen LogP contribution in [0.1, 0.15) is 12.5 Å². The van der Waals surface area contributed by atoms with Gasteiger partial charge in [0.25, 0.3) is 15.8 Å². The third kappa shape index (κ3) is 6.07. The third-order valence-electron chi connectivity index (χ3n) is 5.07. The largest absolute Gasteiger partial charge is 0.463 e. The molecule has 1 saturated heterocycles. The number of nitro benzene ring substituents is 1. The summed E-state index contributed by atoms with van der Waals surface area (Å²) in [6.45, 7) is 2.33. The molecule has 1 heterocycles. The van der Waals surface area contributed by atoms with E-state index in [1.54, 1.807) is 19.1 Å². The van der Waals surface area contributed by atoms with Crippen molar-refractivity contribution in [2.24, 2.45) is 0 Å². The van der Waals surface area contributed by atoms with Crippen molar-refractivity contribution < 1.29 is 42.0 Å². The van der Waals surface area contributed by atoms with Gasteiger partial charge < -0.3 is 25.0 Å². The zero-order valence-electron chi connectivity index (χ0n) is 18.2. The number of carbonyl (C=O) groups excluding carboxylic acids is 1. The minimum atomic E-state index is -4.19. The van der Waals surface area contributed by atoms with E-state index in [0.717, 1.165) is 5.56 Å². The lowest BCUT2D eigenvalue weighted by molar-refractivity contribution is -0.384. The maximum Gasteiger partial charge on any atom is 0.297 e. The number of aliphatic hydroxyl groups is 2. The van der Waals surface area contributed by atoms with Gasteiger partial charge in [-0.25, -0.2) is 0 Å². The van der Waals surface area contributed by atoms with Gasteiger partial charge in [-0.2, -0.15) is 8.42 Å². The van der Waals surface area contributed by atoms with Crippen LogP contribution in [-0.2, 0) is 23.8 Å². The molecule has 3 rings (SSSR count). The van der Waals surface area contributed by atoms with Crippen molar-refractivity contribution in [3.8, 4) is 5.75 Å². The van der Waals surface area contributed by atoms with Crippen LogP contribution in [0, 0.1) is 17.0 Å². The summed E-state index contributed by atoms with van der Waals surface area (Å²) in [4.78, 5) is 21.8. The molecule has 0 spiro atoms. The van der Waals surface area contributed by atoms with Crippen LogP contribution in [0.4, 0.5) is 5.69 Å². The molecule has 1 fully saturated rings. The van der Waals surface area contributed by atoms with E-state index in [4.69, 9.17) is 13.7 Å². The average molecular weight is 496 g/mol. The van der Waals surface area contributed by atoms with E-state index in [2.05, 4.69) is 5.32 Å². The topological polar surface area (TPSA) is 175 Å². The van der Waals surface area contributed by atoms with Gasteiger partial charge in [0.15, 0.2) is 0 Å². The molecule has 0 unspecified atom stereocenters. The van der Waals surface area contributed by atoms with Gasteiger partial charge in [-0.05, 0) is 31.2 Å². The third-order valence-corrected chi connectivity index (χ3v) is 6.36. The molecule has 184 valence electrons. The zero-order chi connectivity index (χ0) is 25.0. The van der Waals surface area contributed by atoms with Crippen molar-refractivity contribution in [1.82, 2.24) is 5.32 Å². The predicted octanol–water partition coefficient (Wildman–Crippen LogP) is 0.639. The highest BCUT2D eigenvalue weighted by Gasteiger charge is 2.46. The normalized spacial score (nSPS) is 24.9. The first-order chi connectivity index (χ1) is 16.0. The number of carbonyl (C=O) groups is 1. The van der Waals surface area contributed by atoms with E-state index in [1.807, 2.05) is 0 Å². The number of nitrogens with one attached hydrogen (secondary N) is 1. The molecule has 0 saturated carbocycles. The molecular formula is C21H24N2O10S. The molecule has 0 bridgehead atoms. The Balaban J connectivity index is 1.77. The average Bonchev–Trinajstić information content (AvgIpc) is 2.78. The molecule has 12 nitrogen and oxygen atoms in total. The number of amides is 1. The highest BCUT2D eigenvalue weighted by Crippen LogP contribution is 2.27. The van der Waals surface area contributed by atoms with E-state index in [0.29, 0.717) is 0 Å². The van der Waals surface area contributed by atoms with Crippen LogP contribution in [0.5, 0.6) is 5.75 Å². The first kappa shape index (κ1) is 25.5. The van der Waals surface area contributed by atoms with Crippen molar-refractivity contribution in [3.63, 3.8) is 0 Å². The Labute approximate surface area is 195 Å². The van der Waals surface area contributed by atoms with Crippen LogP contribution in [0.2, 0.25) is 0 Å². The summed E-state index contributed by atoms with van der Waals surface area (Å²) in [5.74, 6) is -0.435. The molecule has 5 atom stereocenters. The Hall–Kier alpha value is -3.10. The monoisotopic (exact) mass is 496 g/mol. The first-order valence-electron chi connectivity index (χ1n) is 10.1. The Kier molecular flexibility index (Phi) is 7.84.